The second-order valence-electron chi connectivity index (χ2n) is 8.31. The van der Waals surface area contributed by atoms with Gasteiger partial charge in [-0.2, -0.15) is 0 Å². The van der Waals surface area contributed by atoms with E-state index in [2.05, 4.69) is 27.2 Å². The molecule has 0 atom stereocenters. The number of anilines is 3. The lowest BCUT2D eigenvalue weighted by Gasteiger charge is -2.18. The molecular formula is C24H29N7O3. The van der Waals surface area contributed by atoms with E-state index >= 15 is 0 Å². The van der Waals surface area contributed by atoms with Crippen LogP contribution in [0.1, 0.15) is 30.9 Å². The van der Waals surface area contributed by atoms with Gasteiger partial charge in [0, 0.05) is 50.2 Å². The molecule has 34 heavy (non-hydrogen) atoms. The smallest absolute Gasteiger partial charge is 0.329 e. The van der Waals surface area contributed by atoms with Gasteiger partial charge in [0.2, 0.25) is 11.9 Å². The summed E-state index contributed by atoms with van der Waals surface area (Å²) in [5.74, 6) is 0.918. The first-order chi connectivity index (χ1) is 16.4. The molecule has 0 unspecified atom stereocenters. The van der Waals surface area contributed by atoms with Gasteiger partial charge in [-0.15, -0.1) is 0 Å². The Hall–Kier alpha value is -3.95. The van der Waals surface area contributed by atoms with Crippen molar-refractivity contribution in [3.63, 3.8) is 0 Å². The van der Waals surface area contributed by atoms with Gasteiger partial charge in [-0.25, -0.2) is 14.8 Å². The van der Waals surface area contributed by atoms with Crippen LogP contribution in [0, 0.1) is 6.92 Å². The van der Waals surface area contributed by atoms with Crippen molar-refractivity contribution < 1.29 is 4.79 Å². The van der Waals surface area contributed by atoms with Crippen molar-refractivity contribution in [1.82, 2.24) is 24.4 Å². The second-order valence-corrected chi connectivity index (χ2v) is 8.31. The topological polar surface area (TPSA) is 116 Å². The number of aryl methyl sites for hydroxylation is 2. The molecule has 178 valence electrons. The average Bonchev–Trinajstić information content (AvgIpc) is 3.33. The molecule has 1 aromatic carbocycles. The molecule has 3 heterocycles. The highest BCUT2D eigenvalue weighted by atomic mass is 16.2. The van der Waals surface area contributed by atoms with Gasteiger partial charge in [0.1, 0.15) is 5.82 Å². The Balaban J connectivity index is 1.32. The minimum Gasteiger partial charge on any atom is -0.342 e. The van der Waals surface area contributed by atoms with Crippen molar-refractivity contribution in [1.29, 1.82) is 0 Å². The lowest BCUT2D eigenvalue weighted by molar-refractivity contribution is -0.130. The number of hydrogen-bond donors (Lipinski definition) is 2. The summed E-state index contributed by atoms with van der Waals surface area (Å²) in [5.41, 5.74) is 2.29. The molecule has 0 aliphatic carbocycles. The number of carbonyl (C=O) groups excluding carboxylic acids is 1. The molecule has 1 aliphatic heterocycles. The standard InChI is InChI=1S/C24H29N7O3/c1-3-18-14-19(8-7-17(18)2)27-20-15-22(33)31(24(34)28-20)11-4-6-21(32)29-12-13-30(16-29)23-25-9-5-10-26-23/h5,7-10,14-15,27H,3-4,6,11-13,16H2,1-2H3,(H,28,34). The van der Waals surface area contributed by atoms with E-state index in [-0.39, 0.29) is 18.9 Å². The Morgan fingerprint density at radius 1 is 1.15 bits per heavy atom. The number of nitrogens with one attached hydrogen (secondary N) is 2. The van der Waals surface area contributed by atoms with E-state index in [1.807, 2.05) is 30.0 Å². The Morgan fingerprint density at radius 2 is 1.94 bits per heavy atom. The summed E-state index contributed by atoms with van der Waals surface area (Å²) in [4.78, 5) is 52.5. The first kappa shape index (κ1) is 23.2. The van der Waals surface area contributed by atoms with Gasteiger partial charge in [-0.1, -0.05) is 13.0 Å². The molecule has 1 saturated heterocycles. The minimum absolute atomic E-state index is 0.0210. The maximum absolute atomic E-state index is 12.6. The Labute approximate surface area is 197 Å². The Morgan fingerprint density at radius 3 is 2.68 bits per heavy atom. The fourth-order valence-electron chi connectivity index (χ4n) is 4.04. The molecular weight excluding hydrogens is 434 g/mol. The molecule has 3 aromatic rings. The van der Waals surface area contributed by atoms with E-state index in [0.29, 0.717) is 37.9 Å². The number of rotatable bonds is 8. The van der Waals surface area contributed by atoms with Crippen molar-refractivity contribution >= 4 is 23.4 Å². The molecule has 0 radical (unpaired) electrons. The van der Waals surface area contributed by atoms with Gasteiger partial charge in [0.25, 0.3) is 5.56 Å². The normalized spacial score (nSPS) is 13.4. The number of aromatic nitrogens is 4. The van der Waals surface area contributed by atoms with Crippen LogP contribution in [-0.4, -0.2) is 50.1 Å². The zero-order valence-corrected chi connectivity index (χ0v) is 19.5. The van der Waals surface area contributed by atoms with E-state index < -0.39 is 11.2 Å². The third kappa shape index (κ3) is 5.33. The van der Waals surface area contributed by atoms with Gasteiger partial charge in [-0.3, -0.25) is 19.1 Å². The molecule has 1 fully saturated rings. The van der Waals surface area contributed by atoms with Crippen LogP contribution < -0.4 is 21.5 Å². The van der Waals surface area contributed by atoms with Crippen LogP contribution in [0.25, 0.3) is 0 Å². The first-order valence-electron chi connectivity index (χ1n) is 11.4. The highest BCUT2D eigenvalue weighted by Gasteiger charge is 2.25. The summed E-state index contributed by atoms with van der Waals surface area (Å²) >= 11 is 0. The highest BCUT2D eigenvalue weighted by Crippen LogP contribution is 2.18. The summed E-state index contributed by atoms with van der Waals surface area (Å²) in [7, 11) is 0. The molecule has 0 spiro atoms. The summed E-state index contributed by atoms with van der Waals surface area (Å²) in [6.07, 6.45) is 4.88. The lowest BCUT2D eigenvalue weighted by atomic mass is 10.1. The molecule has 1 amide bonds. The van der Waals surface area contributed by atoms with E-state index in [1.165, 1.54) is 17.2 Å². The van der Waals surface area contributed by atoms with Crippen LogP contribution in [0.2, 0.25) is 0 Å². The van der Waals surface area contributed by atoms with Crippen molar-refractivity contribution in [2.24, 2.45) is 0 Å². The average molecular weight is 464 g/mol. The Kier molecular flexibility index (Phi) is 7.05. The molecule has 1 aliphatic rings. The largest absolute Gasteiger partial charge is 0.342 e. The fraction of sp³-hybridized carbons (Fsp3) is 0.375. The first-order valence-corrected chi connectivity index (χ1v) is 11.4. The van der Waals surface area contributed by atoms with Crippen molar-refractivity contribution in [3.05, 3.63) is 74.7 Å². The number of hydrogen-bond acceptors (Lipinski definition) is 7. The van der Waals surface area contributed by atoms with Crippen molar-refractivity contribution in [3.8, 4) is 0 Å². The number of nitrogens with zero attached hydrogens (tertiary/aromatic N) is 5. The summed E-state index contributed by atoms with van der Waals surface area (Å²) in [6, 6.07) is 9.04. The predicted molar refractivity (Wildman–Crippen MR) is 130 cm³/mol. The maximum Gasteiger partial charge on any atom is 0.329 e. The van der Waals surface area contributed by atoms with Crippen LogP contribution in [0.3, 0.4) is 0 Å². The van der Waals surface area contributed by atoms with Gasteiger partial charge >= 0.3 is 5.69 Å². The zero-order valence-electron chi connectivity index (χ0n) is 19.5. The summed E-state index contributed by atoms with van der Waals surface area (Å²) in [6.45, 7) is 6.00. The van der Waals surface area contributed by atoms with Crippen LogP contribution in [0.15, 0.2) is 52.3 Å². The molecule has 10 nitrogen and oxygen atoms in total. The van der Waals surface area contributed by atoms with E-state index in [9.17, 15) is 14.4 Å². The fourth-order valence-corrected chi connectivity index (χ4v) is 4.04. The van der Waals surface area contributed by atoms with E-state index in [1.54, 1.807) is 23.4 Å². The number of benzene rings is 1. The number of H-pyrrole nitrogens is 1. The Bertz CT molecular complexity index is 1240. The van der Waals surface area contributed by atoms with Gasteiger partial charge in [0.15, 0.2) is 0 Å². The van der Waals surface area contributed by atoms with Crippen LogP contribution in [-0.2, 0) is 17.8 Å². The van der Waals surface area contributed by atoms with Crippen LogP contribution >= 0.6 is 0 Å². The zero-order chi connectivity index (χ0) is 24.1. The number of amides is 1. The highest BCUT2D eigenvalue weighted by molar-refractivity contribution is 5.77. The molecule has 4 rings (SSSR count). The molecule has 2 aromatic heterocycles. The van der Waals surface area contributed by atoms with Crippen molar-refractivity contribution in [2.75, 3.05) is 30.0 Å². The SMILES string of the molecule is CCc1cc(Nc2cc(=O)n(CCCC(=O)N3CCN(c4ncccn4)C3)c(=O)[nH]2)ccc1C. The van der Waals surface area contributed by atoms with E-state index in [4.69, 9.17) is 0 Å². The lowest BCUT2D eigenvalue weighted by Crippen LogP contribution is -2.36. The second kappa shape index (κ2) is 10.3. The summed E-state index contributed by atoms with van der Waals surface area (Å²) in [5, 5.41) is 3.10. The van der Waals surface area contributed by atoms with Gasteiger partial charge in [0.05, 0.1) is 6.67 Å². The minimum atomic E-state index is -0.501. The monoisotopic (exact) mass is 463 g/mol. The van der Waals surface area contributed by atoms with E-state index in [0.717, 1.165) is 16.7 Å². The van der Waals surface area contributed by atoms with Crippen molar-refractivity contribution in [2.45, 2.75) is 39.7 Å². The molecule has 0 saturated carbocycles. The number of aromatic amines is 1. The quantitative estimate of drug-likeness (QED) is 0.525. The maximum atomic E-state index is 12.6. The molecule has 10 heteroatoms. The van der Waals surface area contributed by atoms with Gasteiger partial charge < -0.3 is 15.1 Å². The number of carbonyl (C=O) groups is 1. The van der Waals surface area contributed by atoms with Gasteiger partial charge in [-0.05, 0) is 49.1 Å². The summed E-state index contributed by atoms with van der Waals surface area (Å²) < 4.78 is 1.12. The van der Waals surface area contributed by atoms with Crippen LogP contribution in [0.4, 0.5) is 17.5 Å². The third-order valence-corrected chi connectivity index (χ3v) is 5.97. The molecule has 2 N–H and O–H groups in total. The third-order valence-electron chi connectivity index (χ3n) is 5.97. The molecule has 0 bridgehead atoms. The van der Waals surface area contributed by atoms with Crippen LogP contribution in [0.5, 0.6) is 0 Å². The predicted octanol–water partition coefficient (Wildman–Crippen LogP) is 2.03.